The summed E-state index contributed by atoms with van der Waals surface area (Å²) in [6.45, 7) is 1.28. The summed E-state index contributed by atoms with van der Waals surface area (Å²) >= 11 is 0. The lowest BCUT2D eigenvalue weighted by atomic mass is 10.1. The predicted molar refractivity (Wildman–Crippen MR) is 74.1 cm³/mol. The zero-order chi connectivity index (χ0) is 13.9. The van der Waals surface area contributed by atoms with Crippen LogP contribution in [0.3, 0.4) is 0 Å². The van der Waals surface area contributed by atoms with Crippen LogP contribution in [0.1, 0.15) is 5.56 Å². The lowest BCUT2D eigenvalue weighted by Gasteiger charge is -2.33. The Morgan fingerprint density at radius 2 is 2.00 bits per heavy atom. The van der Waals surface area contributed by atoms with Gasteiger partial charge in [0.05, 0.1) is 12.7 Å². The van der Waals surface area contributed by atoms with E-state index in [2.05, 4.69) is 0 Å². The first kappa shape index (κ1) is 14.5. The van der Waals surface area contributed by atoms with Gasteiger partial charge >= 0.3 is 0 Å². The van der Waals surface area contributed by atoms with Crippen molar-refractivity contribution in [1.82, 2.24) is 8.61 Å². The number of rotatable bonds is 4. The van der Waals surface area contributed by atoms with Crippen molar-refractivity contribution in [2.24, 2.45) is 0 Å². The average molecular weight is 284 g/mol. The molecule has 106 valence electrons. The minimum Gasteiger partial charge on any atom is -0.375 e. The molecule has 0 spiro atoms. The van der Waals surface area contributed by atoms with Crippen LogP contribution >= 0.6 is 0 Å². The van der Waals surface area contributed by atoms with Gasteiger partial charge in [0.2, 0.25) is 0 Å². The van der Waals surface area contributed by atoms with Crippen molar-refractivity contribution in [1.29, 1.82) is 0 Å². The van der Waals surface area contributed by atoms with Crippen LogP contribution in [0.4, 0.5) is 0 Å². The van der Waals surface area contributed by atoms with Crippen molar-refractivity contribution >= 4 is 10.2 Å². The minimum atomic E-state index is -3.34. The van der Waals surface area contributed by atoms with E-state index in [1.807, 2.05) is 30.3 Å². The molecule has 1 unspecified atom stereocenters. The molecule has 0 aromatic heterocycles. The third-order valence-electron chi connectivity index (χ3n) is 3.20. The summed E-state index contributed by atoms with van der Waals surface area (Å²) in [6, 6.07) is 9.98. The molecule has 0 saturated carbocycles. The summed E-state index contributed by atoms with van der Waals surface area (Å²) in [5.74, 6) is 0. The van der Waals surface area contributed by atoms with E-state index in [-0.39, 0.29) is 6.10 Å². The van der Waals surface area contributed by atoms with Crippen molar-refractivity contribution < 1.29 is 13.2 Å². The molecule has 1 aliphatic heterocycles. The van der Waals surface area contributed by atoms with Crippen LogP contribution in [0.2, 0.25) is 0 Å². The van der Waals surface area contributed by atoms with E-state index >= 15 is 0 Å². The monoisotopic (exact) mass is 284 g/mol. The van der Waals surface area contributed by atoms with E-state index in [0.717, 1.165) is 12.0 Å². The lowest BCUT2D eigenvalue weighted by Crippen LogP contribution is -2.50. The second-order valence-electron chi connectivity index (χ2n) is 4.83. The first-order chi connectivity index (χ1) is 9.00. The van der Waals surface area contributed by atoms with Gasteiger partial charge in [-0.05, 0) is 12.0 Å². The molecule has 2 rings (SSSR count). The molecule has 19 heavy (non-hydrogen) atoms. The maximum absolute atomic E-state index is 12.1. The maximum Gasteiger partial charge on any atom is 0.281 e. The molecular formula is C13H20N2O3S. The molecule has 0 N–H and O–H groups in total. The Morgan fingerprint density at radius 1 is 1.32 bits per heavy atom. The summed E-state index contributed by atoms with van der Waals surface area (Å²) in [5, 5.41) is 0. The molecular weight excluding hydrogens is 264 g/mol. The van der Waals surface area contributed by atoms with Gasteiger partial charge in [0.25, 0.3) is 10.2 Å². The van der Waals surface area contributed by atoms with E-state index in [0.29, 0.717) is 19.7 Å². The molecule has 1 saturated heterocycles. The summed E-state index contributed by atoms with van der Waals surface area (Å²) < 4.78 is 32.6. The SMILES string of the molecule is CN(C)S(=O)(=O)N1CCOC(Cc2ccccc2)C1. The number of hydrogen-bond acceptors (Lipinski definition) is 3. The van der Waals surface area contributed by atoms with Crippen molar-refractivity contribution in [2.75, 3.05) is 33.8 Å². The molecule has 5 nitrogen and oxygen atoms in total. The van der Waals surface area contributed by atoms with Crippen LogP contribution in [-0.2, 0) is 21.4 Å². The largest absolute Gasteiger partial charge is 0.375 e. The highest BCUT2D eigenvalue weighted by Crippen LogP contribution is 2.15. The normalized spacial score (nSPS) is 21.7. The molecule has 1 aliphatic rings. The third-order valence-corrected chi connectivity index (χ3v) is 5.10. The van der Waals surface area contributed by atoms with Crippen molar-refractivity contribution in [2.45, 2.75) is 12.5 Å². The number of ether oxygens (including phenoxy) is 1. The number of hydrogen-bond donors (Lipinski definition) is 0. The van der Waals surface area contributed by atoms with Gasteiger partial charge in [-0.15, -0.1) is 0 Å². The Hall–Kier alpha value is -0.950. The Labute approximate surface area is 115 Å². The van der Waals surface area contributed by atoms with Gasteiger partial charge in [0.1, 0.15) is 0 Å². The molecule has 0 radical (unpaired) electrons. The molecule has 1 aromatic carbocycles. The zero-order valence-corrected chi connectivity index (χ0v) is 12.1. The Balaban J connectivity index is 2.02. The zero-order valence-electron chi connectivity index (χ0n) is 11.3. The van der Waals surface area contributed by atoms with Crippen molar-refractivity contribution in [3.8, 4) is 0 Å². The maximum atomic E-state index is 12.1. The molecule has 1 aromatic rings. The number of morpholine rings is 1. The van der Waals surface area contributed by atoms with Gasteiger partial charge in [0.15, 0.2) is 0 Å². The van der Waals surface area contributed by atoms with Crippen LogP contribution in [-0.4, -0.2) is 56.9 Å². The van der Waals surface area contributed by atoms with E-state index < -0.39 is 10.2 Å². The first-order valence-corrected chi connectivity index (χ1v) is 7.73. The average Bonchev–Trinajstić information content (AvgIpc) is 2.40. The Bertz CT molecular complexity index is 502. The van der Waals surface area contributed by atoms with E-state index in [1.165, 1.54) is 8.61 Å². The highest BCUT2D eigenvalue weighted by Gasteiger charge is 2.30. The minimum absolute atomic E-state index is 0.0779. The molecule has 0 aliphatic carbocycles. The second-order valence-corrected chi connectivity index (χ2v) is 6.97. The summed E-state index contributed by atoms with van der Waals surface area (Å²) in [5.41, 5.74) is 1.16. The van der Waals surface area contributed by atoms with Gasteiger partial charge in [0, 0.05) is 27.2 Å². The van der Waals surface area contributed by atoms with E-state index in [9.17, 15) is 8.42 Å². The van der Waals surface area contributed by atoms with Crippen LogP contribution < -0.4 is 0 Å². The second kappa shape index (κ2) is 6.00. The predicted octanol–water partition coefficient (Wildman–Crippen LogP) is 0.736. The first-order valence-electron chi connectivity index (χ1n) is 6.33. The molecule has 1 atom stereocenters. The van der Waals surface area contributed by atoms with Crippen LogP contribution in [0.15, 0.2) is 30.3 Å². The Kier molecular flexibility index (Phi) is 4.57. The van der Waals surface area contributed by atoms with Crippen LogP contribution in [0.5, 0.6) is 0 Å². The molecule has 0 amide bonds. The lowest BCUT2D eigenvalue weighted by molar-refractivity contribution is -0.00180. The van der Waals surface area contributed by atoms with Crippen LogP contribution in [0.25, 0.3) is 0 Å². The summed E-state index contributed by atoms with van der Waals surface area (Å²) in [6.07, 6.45) is 0.659. The molecule has 1 heterocycles. The number of nitrogens with zero attached hydrogens (tertiary/aromatic N) is 2. The van der Waals surface area contributed by atoms with Gasteiger partial charge in [-0.25, -0.2) is 0 Å². The van der Waals surface area contributed by atoms with E-state index in [4.69, 9.17) is 4.74 Å². The molecule has 6 heteroatoms. The van der Waals surface area contributed by atoms with Gasteiger partial charge in [-0.1, -0.05) is 30.3 Å². The van der Waals surface area contributed by atoms with E-state index in [1.54, 1.807) is 14.1 Å². The summed E-state index contributed by atoms with van der Waals surface area (Å²) in [7, 11) is -0.233. The van der Waals surface area contributed by atoms with Gasteiger partial charge < -0.3 is 4.74 Å². The van der Waals surface area contributed by atoms with Crippen molar-refractivity contribution in [3.63, 3.8) is 0 Å². The number of benzene rings is 1. The van der Waals surface area contributed by atoms with Crippen LogP contribution in [0, 0.1) is 0 Å². The fourth-order valence-electron chi connectivity index (χ4n) is 2.13. The smallest absolute Gasteiger partial charge is 0.281 e. The quantitative estimate of drug-likeness (QED) is 0.819. The van der Waals surface area contributed by atoms with Gasteiger partial charge in [-0.3, -0.25) is 0 Å². The van der Waals surface area contributed by atoms with Gasteiger partial charge in [-0.2, -0.15) is 17.0 Å². The standard InChI is InChI=1S/C13H20N2O3S/c1-14(2)19(16,17)15-8-9-18-13(11-15)10-12-6-4-3-5-7-12/h3-7,13H,8-11H2,1-2H3. The highest BCUT2D eigenvalue weighted by molar-refractivity contribution is 7.86. The topological polar surface area (TPSA) is 49.9 Å². The summed E-state index contributed by atoms with van der Waals surface area (Å²) in [4.78, 5) is 0. The molecule has 1 fully saturated rings. The highest BCUT2D eigenvalue weighted by atomic mass is 32.2. The Morgan fingerprint density at radius 3 is 2.63 bits per heavy atom. The fraction of sp³-hybridized carbons (Fsp3) is 0.538. The van der Waals surface area contributed by atoms with Crippen molar-refractivity contribution in [3.05, 3.63) is 35.9 Å². The fourth-order valence-corrected chi connectivity index (χ4v) is 3.26. The third kappa shape index (κ3) is 3.54. The molecule has 0 bridgehead atoms.